The molecule has 0 aliphatic carbocycles. The average Bonchev–Trinajstić information content (AvgIpc) is 3.85. The first-order valence-electron chi connectivity index (χ1n) is 19.6. The molecule has 0 amide bonds. The Morgan fingerprint density at radius 2 is 0.900 bits per heavy atom. The number of aromatic nitrogens is 6. The number of pyridine rings is 2. The third-order valence-electron chi connectivity index (χ3n) is 9.95. The van der Waals surface area contributed by atoms with E-state index in [1.54, 1.807) is 12.4 Å². The number of hydrogen-bond donors (Lipinski definition) is 0. The normalized spacial score (nSPS) is 11.7. The SMILES string of the molecule is CC(C)(Cc1cc(-c2cccc(-c3ccccc3)c2Br)nn1-c1ccccn1)OC(=O)OC(C)(C)Cc1cc(-c2cccc(-c3ccccc3)c2Br)nn1-c1ccccn1. The van der Waals surface area contributed by atoms with Gasteiger partial charge < -0.3 is 9.47 Å². The van der Waals surface area contributed by atoms with Crippen molar-refractivity contribution in [3.63, 3.8) is 0 Å². The average molecular weight is 923 g/mol. The molecule has 0 spiro atoms. The van der Waals surface area contributed by atoms with Gasteiger partial charge >= 0.3 is 6.16 Å². The van der Waals surface area contributed by atoms with Crippen LogP contribution in [0, 0.1) is 0 Å². The molecule has 0 aliphatic heterocycles. The maximum Gasteiger partial charge on any atom is 0.509 e. The smallest absolute Gasteiger partial charge is 0.428 e. The van der Waals surface area contributed by atoms with Gasteiger partial charge in [0.2, 0.25) is 0 Å². The Hall–Kier alpha value is -6.17. The molecule has 60 heavy (non-hydrogen) atoms. The second kappa shape index (κ2) is 17.2. The molecule has 0 bridgehead atoms. The molecule has 8 aromatic rings. The van der Waals surface area contributed by atoms with Gasteiger partial charge in [0.1, 0.15) is 11.2 Å². The molecule has 0 radical (unpaired) electrons. The predicted octanol–water partition coefficient (Wildman–Crippen LogP) is 12.5. The van der Waals surface area contributed by atoms with Gasteiger partial charge in [-0.15, -0.1) is 0 Å². The van der Waals surface area contributed by atoms with Crippen LogP contribution in [0.15, 0.2) is 167 Å². The molecule has 0 saturated carbocycles. The Bertz CT molecular complexity index is 2560. The van der Waals surface area contributed by atoms with Gasteiger partial charge in [-0.2, -0.15) is 10.2 Å². The van der Waals surface area contributed by atoms with Gasteiger partial charge in [0.05, 0.1) is 22.8 Å². The first-order chi connectivity index (χ1) is 28.9. The number of benzene rings is 4. The van der Waals surface area contributed by atoms with E-state index in [-0.39, 0.29) is 0 Å². The van der Waals surface area contributed by atoms with E-state index in [9.17, 15) is 4.79 Å². The largest absolute Gasteiger partial charge is 0.509 e. The summed E-state index contributed by atoms with van der Waals surface area (Å²) < 4.78 is 17.7. The van der Waals surface area contributed by atoms with Crippen LogP contribution < -0.4 is 0 Å². The third kappa shape index (κ3) is 9.02. The zero-order chi connectivity index (χ0) is 41.9. The van der Waals surface area contributed by atoms with Crippen LogP contribution in [0.4, 0.5) is 4.79 Å². The molecule has 300 valence electrons. The molecule has 8 rings (SSSR count). The van der Waals surface area contributed by atoms with Gasteiger partial charge in [-0.25, -0.2) is 24.1 Å². The highest BCUT2D eigenvalue weighted by Gasteiger charge is 2.33. The number of halogens is 2. The van der Waals surface area contributed by atoms with Crippen LogP contribution in [-0.4, -0.2) is 46.9 Å². The molecular formula is C49H42Br2N6O3. The van der Waals surface area contributed by atoms with E-state index >= 15 is 0 Å². The van der Waals surface area contributed by atoms with Crippen molar-refractivity contribution in [2.24, 2.45) is 0 Å². The lowest BCUT2D eigenvalue weighted by atomic mass is 9.99. The van der Waals surface area contributed by atoms with Crippen molar-refractivity contribution in [3.05, 3.63) is 178 Å². The van der Waals surface area contributed by atoms with Gasteiger partial charge in [-0.1, -0.05) is 109 Å². The van der Waals surface area contributed by atoms with Gasteiger partial charge in [-0.05, 0) is 118 Å². The first kappa shape index (κ1) is 40.6. The number of nitrogens with zero attached hydrogens (tertiary/aromatic N) is 6. The second-order valence-corrected chi connectivity index (χ2v) is 17.2. The summed E-state index contributed by atoms with van der Waals surface area (Å²) in [6.45, 7) is 7.47. The molecule has 0 saturated heterocycles. The highest BCUT2D eigenvalue weighted by atomic mass is 79.9. The zero-order valence-electron chi connectivity index (χ0n) is 33.6. The minimum Gasteiger partial charge on any atom is -0.428 e. The van der Waals surface area contributed by atoms with E-state index < -0.39 is 17.4 Å². The van der Waals surface area contributed by atoms with Crippen molar-refractivity contribution in [3.8, 4) is 56.4 Å². The molecule has 4 aromatic heterocycles. The molecule has 0 fully saturated rings. The molecule has 11 heteroatoms. The summed E-state index contributed by atoms with van der Waals surface area (Å²) in [4.78, 5) is 22.9. The number of carbonyl (C=O) groups is 1. The second-order valence-electron chi connectivity index (χ2n) is 15.6. The van der Waals surface area contributed by atoms with E-state index in [1.807, 2.05) is 146 Å². The maximum absolute atomic E-state index is 13.7. The summed E-state index contributed by atoms with van der Waals surface area (Å²) >= 11 is 7.75. The van der Waals surface area contributed by atoms with Crippen LogP contribution >= 0.6 is 31.9 Å². The minimum absolute atomic E-state index is 0.328. The topological polar surface area (TPSA) is 97.0 Å². The maximum atomic E-state index is 13.7. The Kier molecular flexibility index (Phi) is 11.6. The summed E-state index contributed by atoms with van der Waals surface area (Å²) in [6, 6.07) is 48.2. The number of carbonyl (C=O) groups excluding carboxylic acids is 1. The highest BCUT2D eigenvalue weighted by Crippen LogP contribution is 2.39. The third-order valence-corrected chi connectivity index (χ3v) is 11.7. The molecule has 0 aliphatic rings. The number of rotatable bonds is 12. The van der Waals surface area contributed by atoms with Crippen LogP contribution in [-0.2, 0) is 22.3 Å². The predicted molar refractivity (Wildman–Crippen MR) is 243 cm³/mol. The van der Waals surface area contributed by atoms with Crippen molar-refractivity contribution in [2.45, 2.75) is 51.7 Å². The lowest BCUT2D eigenvalue weighted by Gasteiger charge is -2.29. The standard InChI is InChI=1S/C49H42Br2N6O3/c1-48(2,31-35-29-41(54-56(35)43-25-11-13-27-52-43)39-23-15-21-37(45(39)50)33-17-7-5-8-18-33)59-47(58)60-49(3,4)32-36-30-42(55-57(36)44-26-12-14-28-53-44)40-24-16-22-38(46(40)51)34-19-9-6-10-20-34/h5-30H,31-32H2,1-4H3. The lowest BCUT2D eigenvalue weighted by molar-refractivity contribution is -0.0589. The zero-order valence-corrected chi connectivity index (χ0v) is 36.8. The van der Waals surface area contributed by atoms with Gasteiger partial charge in [0, 0.05) is 45.3 Å². The van der Waals surface area contributed by atoms with Crippen LogP contribution in [0.2, 0.25) is 0 Å². The Labute approximate surface area is 366 Å². The van der Waals surface area contributed by atoms with Gasteiger partial charge in [0.15, 0.2) is 11.6 Å². The molecule has 4 aromatic carbocycles. The van der Waals surface area contributed by atoms with Gasteiger partial charge in [-0.3, -0.25) is 0 Å². The van der Waals surface area contributed by atoms with E-state index in [1.165, 1.54) is 0 Å². The van der Waals surface area contributed by atoms with Crippen molar-refractivity contribution in [2.75, 3.05) is 0 Å². The van der Waals surface area contributed by atoms with Crippen molar-refractivity contribution < 1.29 is 14.3 Å². The summed E-state index contributed by atoms with van der Waals surface area (Å²) in [5, 5.41) is 10.1. The molecular weight excluding hydrogens is 880 g/mol. The molecule has 4 heterocycles. The fraction of sp³-hybridized carbons (Fsp3) is 0.163. The fourth-order valence-electron chi connectivity index (χ4n) is 7.27. The fourth-order valence-corrected chi connectivity index (χ4v) is 8.66. The first-order valence-corrected chi connectivity index (χ1v) is 21.1. The molecule has 9 nitrogen and oxygen atoms in total. The summed E-state index contributed by atoms with van der Waals surface area (Å²) in [5.74, 6) is 1.30. The summed E-state index contributed by atoms with van der Waals surface area (Å²) in [5.41, 5.74) is 7.31. The van der Waals surface area contributed by atoms with Crippen molar-refractivity contribution in [1.82, 2.24) is 29.5 Å². The molecule has 0 N–H and O–H groups in total. The van der Waals surface area contributed by atoms with Crippen LogP contribution in [0.1, 0.15) is 39.1 Å². The highest BCUT2D eigenvalue weighted by molar-refractivity contribution is 9.11. The number of ether oxygens (including phenoxy) is 2. The van der Waals surface area contributed by atoms with Crippen LogP contribution in [0.3, 0.4) is 0 Å². The monoisotopic (exact) mass is 920 g/mol. The van der Waals surface area contributed by atoms with Crippen LogP contribution in [0.5, 0.6) is 0 Å². The minimum atomic E-state index is -0.987. The van der Waals surface area contributed by atoms with E-state index in [0.717, 1.165) is 65.1 Å². The number of hydrogen-bond acceptors (Lipinski definition) is 7. The van der Waals surface area contributed by atoms with Crippen molar-refractivity contribution >= 4 is 38.0 Å². The van der Waals surface area contributed by atoms with E-state index in [4.69, 9.17) is 19.7 Å². The molecule has 0 atom stereocenters. The Balaban J connectivity index is 1.04. The van der Waals surface area contributed by atoms with E-state index in [2.05, 4.69) is 78.2 Å². The summed E-state index contributed by atoms with van der Waals surface area (Å²) in [7, 11) is 0. The Morgan fingerprint density at radius 1 is 0.517 bits per heavy atom. The molecule has 0 unspecified atom stereocenters. The lowest BCUT2D eigenvalue weighted by Crippen LogP contribution is -2.37. The van der Waals surface area contributed by atoms with E-state index in [0.29, 0.717) is 24.5 Å². The van der Waals surface area contributed by atoms with Crippen molar-refractivity contribution in [1.29, 1.82) is 0 Å². The summed E-state index contributed by atoms with van der Waals surface area (Å²) in [6.07, 6.45) is 3.34. The quantitative estimate of drug-likeness (QED) is 0.113. The van der Waals surface area contributed by atoms with Crippen LogP contribution in [0.25, 0.3) is 56.4 Å². The Morgan fingerprint density at radius 3 is 1.28 bits per heavy atom. The van der Waals surface area contributed by atoms with Gasteiger partial charge in [0.25, 0.3) is 0 Å².